The fraction of sp³-hybridized carbons (Fsp3) is 0.600. The summed E-state index contributed by atoms with van der Waals surface area (Å²) in [6, 6.07) is 3.72. The Kier molecular flexibility index (Phi) is 4.06. The fourth-order valence-corrected chi connectivity index (χ4v) is 2.75. The number of anilines is 1. The molecule has 3 heteroatoms. The normalized spacial score (nSPS) is 28.1. The molecule has 0 saturated heterocycles. The third-order valence-electron chi connectivity index (χ3n) is 4.14. The predicted molar refractivity (Wildman–Crippen MR) is 77.2 cm³/mol. The van der Waals surface area contributed by atoms with E-state index in [2.05, 4.69) is 13.8 Å². The maximum absolute atomic E-state index is 6.10. The van der Waals surface area contributed by atoms with Gasteiger partial charge in [0.25, 0.3) is 0 Å². The number of hydrogen-bond acceptors (Lipinski definition) is 2. The molecule has 0 aliphatic heterocycles. The molecule has 1 fully saturated rings. The zero-order valence-corrected chi connectivity index (χ0v) is 12.1. The highest BCUT2D eigenvalue weighted by Crippen LogP contribution is 2.34. The SMILES string of the molecule is Cc1cc(N)c(Cl)cc1OC1CCC(C)C(C)C1. The summed E-state index contributed by atoms with van der Waals surface area (Å²) in [6.45, 7) is 6.64. The molecule has 2 nitrogen and oxygen atoms in total. The van der Waals surface area contributed by atoms with E-state index in [9.17, 15) is 0 Å². The standard InChI is InChI=1S/C15H22ClNO/c1-9-4-5-12(6-10(9)2)18-15-8-13(16)14(17)7-11(15)3/h7-10,12H,4-6,17H2,1-3H3. The van der Waals surface area contributed by atoms with Crippen molar-refractivity contribution in [1.82, 2.24) is 0 Å². The van der Waals surface area contributed by atoms with Gasteiger partial charge >= 0.3 is 0 Å². The van der Waals surface area contributed by atoms with Crippen LogP contribution in [0.3, 0.4) is 0 Å². The Morgan fingerprint density at radius 1 is 1.22 bits per heavy atom. The van der Waals surface area contributed by atoms with Gasteiger partial charge in [-0.05, 0) is 49.7 Å². The van der Waals surface area contributed by atoms with Crippen LogP contribution in [0.25, 0.3) is 0 Å². The molecular formula is C15H22ClNO. The largest absolute Gasteiger partial charge is 0.490 e. The van der Waals surface area contributed by atoms with E-state index in [1.165, 1.54) is 6.42 Å². The Labute approximate surface area is 114 Å². The second kappa shape index (κ2) is 5.40. The molecule has 1 aromatic rings. The lowest BCUT2D eigenvalue weighted by atomic mass is 9.80. The smallest absolute Gasteiger partial charge is 0.124 e. The van der Waals surface area contributed by atoms with E-state index >= 15 is 0 Å². The van der Waals surface area contributed by atoms with Crippen LogP contribution in [-0.4, -0.2) is 6.10 Å². The van der Waals surface area contributed by atoms with Crippen LogP contribution < -0.4 is 10.5 Å². The van der Waals surface area contributed by atoms with Gasteiger partial charge in [-0.3, -0.25) is 0 Å². The number of ether oxygens (including phenoxy) is 1. The second-order valence-electron chi connectivity index (χ2n) is 5.65. The number of nitrogens with two attached hydrogens (primary N) is 1. The second-order valence-corrected chi connectivity index (χ2v) is 6.05. The molecule has 0 bridgehead atoms. The molecule has 0 heterocycles. The molecule has 100 valence electrons. The molecule has 0 amide bonds. The minimum Gasteiger partial charge on any atom is -0.490 e. The van der Waals surface area contributed by atoms with Crippen molar-refractivity contribution in [3.8, 4) is 5.75 Å². The van der Waals surface area contributed by atoms with Gasteiger partial charge in [0.05, 0.1) is 16.8 Å². The van der Waals surface area contributed by atoms with Gasteiger partial charge in [-0.2, -0.15) is 0 Å². The lowest BCUT2D eigenvalue weighted by Crippen LogP contribution is -2.28. The van der Waals surface area contributed by atoms with E-state index in [1.807, 2.05) is 19.1 Å². The molecule has 1 saturated carbocycles. The molecule has 0 aromatic heterocycles. The lowest BCUT2D eigenvalue weighted by molar-refractivity contribution is 0.1000. The van der Waals surface area contributed by atoms with Crippen LogP contribution in [0, 0.1) is 18.8 Å². The third kappa shape index (κ3) is 2.92. The van der Waals surface area contributed by atoms with E-state index in [0.717, 1.165) is 36.0 Å². The van der Waals surface area contributed by atoms with Crippen molar-refractivity contribution in [3.63, 3.8) is 0 Å². The predicted octanol–water partition coefficient (Wildman–Crippen LogP) is 4.43. The zero-order valence-electron chi connectivity index (χ0n) is 11.4. The van der Waals surface area contributed by atoms with E-state index in [0.29, 0.717) is 16.8 Å². The Hall–Kier alpha value is -0.890. The first-order valence-electron chi connectivity index (χ1n) is 6.69. The average Bonchev–Trinajstić information content (AvgIpc) is 2.31. The van der Waals surface area contributed by atoms with E-state index < -0.39 is 0 Å². The summed E-state index contributed by atoms with van der Waals surface area (Å²) in [4.78, 5) is 0. The van der Waals surface area contributed by atoms with Gasteiger partial charge in [0.2, 0.25) is 0 Å². The average molecular weight is 268 g/mol. The van der Waals surface area contributed by atoms with Crippen LogP contribution in [0.1, 0.15) is 38.7 Å². The lowest BCUT2D eigenvalue weighted by Gasteiger charge is -2.32. The molecule has 1 aromatic carbocycles. The minimum atomic E-state index is 0.314. The molecule has 2 rings (SSSR count). The van der Waals surface area contributed by atoms with Gasteiger partial charge in [-0.1, -0.05) is 25.4 Å². The third-order valence-corrected chi connectivity index (χ3v) is 4.47. The topological polar surface area (TPSA) is 35.2 Å². The Bertz CT molecular complexity index is 433. The maximum Gasteiger partial charge on any atom is 0.124 e. The molecule has 3 atom stereocenters. The van der Waals surface area contributed by atoms with Gasteiger partial charge in [0, 0.05) is 6.07 Å². The summed E-state index contributed by atoms with van der Waals surface area (Å²) in [7, 11) is 0. The van der Waals surface area contributed by atoms with E-state index in [4.69, 9.17) is 22.1 Å². The summed E-state index contributed by atoms with van der Waals surface area (Å²) < 4.78 is 6.10. The van der Waals surface area contributed by atoms with Crippen molar-refractivity contribution in [2.24, 2.45) is 11.8 Å². The number of nitrogen functional groups attached to an aromatic ring is 1. The van der Waals surface area contributed by atoms with Crippen LogP contribution in [0.15, 0.2) is 12.1 Å². The number of halogens is 1. The van der Waals surface area contributed by atoms with Crippen molar-refractivity contribution in [1.29, 1.82) is 0 Å². The Morgan fingerprint density at radius 3 is 2.61 bits per heavy atom. The summed E-state index contributed by atoms with van der Waals surface area (Å²) in [5.74, 6) is 2.41. The molecule has 1 aliphatic carbocycles. The van der Waals surface area contributed by atoms with Gasteiger partial charge in [-0.15, -0.1) is 0 Å². The van der Waals surface area contributed by atoms with Crippen LogP contribution in [0.4, 0.5) is 5.69 Å². The molecule has 0 spiro atoms. The van der Waals surface area contributed by atoms with Gasteiger partial charge in [-0.25, -0.2) is 0 Å². The Balaban J connectivity index is 2.08. The van der Waals surface area contributed by atoms with Crippen molar-refractivity contribution >= 4 is 17.3 Å². The van der Waals surface area contributed by atoms with Crippen molar-refractivity contribution in [3.05, 3.63) is 22.7 Å². The summed E-state index contributed by atoms with van der Waals surface area (Å²) in [6.07, 6.45) is 3.82. The number of benzene rings is 1. The monoisotopic (exact) mass is 267 g/mol. The molecule has 2 N–H and O–H groups in total. The first-order valence-corrected chi connectivity index (χ1v) is 7.07. The Morgan fingerprint density at radius 2 is 1.94 bits per heavy atom. The van der Waals surface area contributed by atoms with E-state index in [1.54, 1.807) is 0 Å². The molecule has 18 heavy (non-hydrogen) atoms. The van der Waals surface area contributed by atoms with Crippen molar-refractivity contribution in [2.45, 2.75) is 46.1 Å². The zero-order chi connectivity index (χ0) is 13.3. The highest BCUT2D eigenvalue weighted by atomic mass is 35.5. The maximum atomic E-state index is 6.10. The quantitative estimate of drug-likeness (QED) is 0.805. The van der Waals surface area contributed by atoms with Gasteiger partial charge < -0.3 is 10.5 Å². The molecule has 3 unspecified atom stereocenters. The van der Waals surface area contributed by atoms with Gasteiger partial charge in [0.1, 0.15) is 5.75 Å². The molecular weight excluding hydrogens is 246 g/mol. The highest BCUT2D eigenvalue weighted by Gasteiger charge is 2.26. The molecule has 1 aliphatic rings. The first-order chi connectivity index (χ1) is 8.47. The summed E-state index contributed by atoms with van der Waals surface area (Å²) >= 11 is 6.05. The fourth-order valence-electron chi connectivity index (χ4n) is 2.60. The minimum absolute atomic E-state index is 0.314. The molecule has 0 radical (unpaired) electrons. The number of aryl methyl sites for hydroxylation is 1. The van der Waals surface area contributed by atoms with Crippen LogP contribution >= 0.6 is 11.6 Å². The summed E-state index contributed by atoms with van der Waals surface area (Å²) in [5.41, 5.74) is 7.45. The van der Waals surface area contributed by atoms with Crippen molar-refractivity contribution < 1.29 is 4.74 Å². The van der Waals surface area contributed by atoms with Crippen LogP contribution in [-0.2, 0) is 0 Å². The highest BCUT2D eigenvalue weighted by molar-refractivity contribution is 6.33. The van der Waals surface area contributed by atoms with Crippen molar-refractivity contribution in [2.75, 3.05) is 5.73 Å². The van der Waals surface area contributed by atoms with Gasteiger partial charge in [0.15, 0.2) is 0 Å². The number of hydrogen-bond donors (Lipinski definition) is 1. The van der Waals surface area contributed by atoms with Crippen LogP contribution in [0.2, 0.25) is 5.02 Å². The van der Waals surface area contributed by atoms with E-state index in [-0.39, 0.29) is 0 Å². The summed E-state index contributed by atoms with van der Waals surface area (Å²) in [5, 5.41) is 0.577. The van der Waals surface area contributed by atoms with Crippen LogP contribution in [0.5, 0.6) is 5.75 Å². The first kappa shape index (κ1) is 13.5. The number of rotatable bonds is 2.